The molecule has 18 heavy (non-hydrogen) atoms. The molecule has 102 valence electrons. The van der Waals surface area contributed by atoms with Crippen LogP contribution in [0.3, 0.4) is 0 Å². The van der Waals surface area contributed by atoms with Gasteiger partial charge in [0, 0.05) is 0 Å². The van der Waals surface area contributed by atoms with Gasteiger partial charge in [-0.2, -0.15) is 0 Å². The predicted octanol–water partition coefficient (Wildman–Crippen LogP) is 3.87. The quantitative estimate of drug-likeness (QED) is 0.830. The van der Waals surface area contributed by atoms with Crippen LogP contribution in [0.4, 0.5) is 0 Å². The van der Waals surface area contributed by atoms with E-state index in [1.54, 1.807) is 0 Å². The van der Waals surface area contributed by atoms with E-state index in [9.17, 15) is 0 Å². The molecule has 0 atom stereocenters. The third-order valence-electron chi connectivity index (χ3n) is 3.47. The van der Waals surface area contributed by atoms with Gasteiger partial charge in [0.1, 0.15) is 5.75 Å². The van der Waals surface area contributed by atoms with E-state index in [4.69, 9.17) is 10.5 Å². The molecule has 0 aromatic heterocycles. The van der Waals surface area contributed by atoms with Crippen molar-refractivity contribution in [1.82, 2.24) is 0 Å². The van der Waals surface area contributed by atoms with Gasteiger partial charge < -0.3 is 10.5 Å². The molecule has 0 saturated carbocycles. The maximum Gasteiger partial charge on any atom is 0.122 e. The lowest BCUT2D eigenvalue weighted by atomic mass is 9.90. The molecule has 0 heterocycles. The predicted molar refractivity (Wildman–Crippen MR) is 78.2 cm³/mol. The van der Waals surface area contributed by atoms with Crippen molar-refractivity contribution in [3.05, 3.63) is 29.3 Å². The van der Waals surface area contributed by atoms with Gasteiger partial charge in [-0.1, -0.05) is 39.8 Å². The molecule has 0 unspecified atom stereocenters. The summed E-state index contributed by atoms with van der Waals surface area (Å²) in [5.41, 5.74) is 8.41. The van der Waals surface area contributed by atoms with E-state index in [0.717, 1.165) is 18.8 Å². The highest BCUT2D eigenvalue weighted by Gasteiger charge is 2.15. The van der Waals surface area contributed by atoms with E-state index < -0.39 is 0 Å². The summed E-state index contributed by atoms with van der Waals surface area (Å²) in [6.45, 7) is 12.3. The molecule has 2 heteroatoms. The Morgan fingerprint density at radius 2 is 1.94 bits per heavy atom. The zero-order chi connectivity index (χ0) is 13.8. The minimum Gasteiger partial charge on any atom is -0.493 e. The SMILES string of the molecule is Cc1ccc(C(C)C)cc1OCCC(C)(C)CN. The van der Waals surface area contributed by atoms with Crippen molar-refractivity contribution in [2.24, 2.45) is 11.1 Å². The van der Waals surface area contributed by atoms with Crippen LogP contribution in [0.1, 0.15) is 51.2 Å². The van der Waals surface area contributed by atoms with E-state index in [1.165, 1.54) is 11.1 Å². The Balaban J connectivity index is 2.64. The van der Waals surface area contributed by atoms with Crippen LogP contribution in [0.5, 0.6) is 5.75 Å². The van der Waals surface area contributed by atoms with Crippen LogP contribution >= 0.6 is 0 Å². The number of nitrogens with two attached hydrogens (primary N) is 1. The average molecular weight is 249 g/mol. The monoisotopic (exact) mass is 249 g/mol. The Hall–Kier alpha value is -1.02. The van der Waals surface area contributed by atoms with Crippen molar-refractivity contribution in [3.8, 4) is 5.75 Å². The minimum atomic E-state index is 0.156. The second kappa shape index (κ2) is 6.24. The highest BCUT2D eigenvalue weighted by molar-refractivity contribution is 5.37. The summed E-state index contributed by atoms with van der Waals surface area (Å²) in [6.07, 6.45) is 0.981. The fourth-order valence-electron chi connectivity index (χ4n) is 1.67. The molecule has 0 aliphatic rings. The normalized spacial score (nSPS) is 11.9. The molecule has 1 rings (SSSR count). The maximum absolute atomic E-state index is 5.91. The van der Waals surface area contributed by atoms with Crippen molar-refractivity contribution < 1.29 is 4.74 Å². The molecule has 0 fully saturated rings. The van der Waals surface area contributed by atoms with Crippen LogP contribution in [0.2, 0.25) is 0 Å². The largest absolute Gasteiger partial charge is 0.493 e. The molecule has 0 saturated heterocycles. The van der Waals surface area contributed by atoms with Crippen molar-refractivity contribution >= 4 is 0 Å². The van der Waals surface area contributed by atoms with Crippen LogP contribution in [0.15, 0.2) is 18.2 Å². The molecule has 0 aliphatic carbocycles. The number of aryl methyl sites for hydroxylation is 1. The fourth-order valence-corrected chi connectivity index (χ4v) is 1.67. The molecule has 2 N–H and O–H groups in total. The van der Waals surface area contributed by atoms with Crippen molar-refractivity contribution in [2.75, 3.05) is 13.2 Å². The first kappa shape index (κ1) is 15.0. The van der Waals surface area contributed by atoms with E-state index >= 15 is 0 Å². The molecular formula is C16H27NO. The van der Waals surface area contributed by atoms with Crippen LogP contribution in [-0.4, -0.2) is 13.2 Å². The zero-order valence-corrected chi connectivity index (χ0v) is 12.4. The number of rotatable bonds is 6. The Morgan fingerprint density at radius 3 is 2.50 bits per heavy atom. The lowest BCUT2D eigenvalue weighted by Gasteiger charge is -2.22. The fraction of sp³-hybridized carbons (Fsp3) is 0.625. The van der Waals surface area contributed by atoms with Gasteiger partial charge in [-0.3, -0.25) is 0 Å². The lowest BCUT2D eigenvalue weighted by molar-refractivity contribution is 0.232. The smallest absolute Gasteiger partial charge is 0.122 e. The number of hydrogen-bond acceptors (Lipinski definition) is 2. The summed E-state index contributed by atoms with van der Waals surface area (Å²) in [6, 6.07) is 6.48. The molecule has 0 radical (unpaired) electrons. The van der Waals surface area contributed by atoms with E-state index in [1.807, 2.05) is 0 Å². The summed E-state index contributed by atoms with van der Waals surface area (Å²) < 4.78 is 5.91. The molecule has 0 aliphatic heterocycles. The Labute approximate surface area is 112 Å². The van der Waals surface area contributed by atoms with Gasteiger partial charge in [0.15, 0.2) is 0 Å². The van der Waals surface area contributed by atoms with E-state index in [-0.39, 0.29) is 5.41 Å². The summed E-state index contributed by atoms with van der Waals surface area (Å²) in [4.78, 5) is 0. The first-order valence-electron chi connectivity index (χ1n) is 6.79. The summed E-state index contributed by atoms with van der Waals surface area (Å²) >= 11 is 0. The van der Waals surface area contributed by atoms with E-state index in [2.05, 4.69) is 52.8 Å². The summed E-state index contributed by atoms with van der Waals surface area (Å²) in [7, 11) is 0. The third-order valence-corrected chi connectivity index (χ3v) is 3.47. The van der Waals surface area contributed by atoms with Gasteiger partial charge in [0.05, 0.1) is 6.61 Å². The topological polar surface area (TPSA) is 35.2 Å². The second-order valence-corrected chi connectivity index (χ2v) is 6.15. The molecule has 0 bridgehead atoms. The molecule has 0 amide bonds. The molecular weight excluding hydrogens is 222 g/mol. The lowest BCUT2D eigenvalue weighted by Crippen LogP contribution is -2.25. The van der Waals surface area contributed by atoms with Gasteiger partial charge in [-0.25, -0.2) is 0 Å². The van der Waals surface area contributed by atoms with Gasteiger partial charge >= 0.3 is 0 Å². The maximum atomic E-state index is 5.91. The van der Waals surface area contributed by atoms with Crippen LogP contribution in [-0.2, 0) is 0 Å². The second-order valence-electron chi connectivity index (χ2n) is 6.15. The van der Waals surface area contributed by atoms with Crippen LogP contribution < -0.4 is 10.5 Å². The van der Waals surface area contributed by atoms with Crippen molar-refractivity contribution in [2.45, 2.75) is 47.0 Å². The highest BCUT2D eigenvalue weighted by atomic mass is 16.5. The molecule has 1 aromatic carbocycles. The first-order valence-corrected chi connectivity index (χ1v) is 6.79. The van der Waals surface area contributed by atoms with Crippen molar-refractivity contribution in [3.63, 3.8) is 0 Å². The number of hydrogen-bond donors (Lipinski definition) is 1. The standard InChI is InChI=1S/C16H27NO/c1-12(2)14-7-6-13(3)15(10-14)18-9-8-16(4,5)11-17/h6-7,10,12H,8-9,11,17H2,1-5H3. The van der Waals surface area contributed by atoms with Crippen LogP contribution in [0.25, 0.3) is 0 Å². The highest BCUT2D eigenvalue weighted by Crippen LogP contribution is 2.25. The number of benzene rings is 1. The van der Waals surface area contributed by atoms with Gasteiger partial charge in [-0.05, 0) is 48.4 Å². The summed E-state index contributed by atoms with van der Waals surface area (Å²) in [5.74, 6) is 1.54. The Morgan fingerprint density at radius 1 is 1.28 bits per heavy atom. The first-order chi connectivity index (χ1) is 8.35. The van der Waals surface area contributed by atoms with Gasteiger partial charge in [-0.15, -0.1) is 0 Å². The number of ether oxygens (including phenoxy) is 1. The van der Waals surface area contributed by atoms with Gasteiger partial charge in [0.25, 0.3) is 0 Å². The zero-order valence-electron chi connectivity index (χ0n) is 12.4. The summed E-state index contributed by atoms with van der Waals surface area (Å²) in [5, 5.41) is 0. The Kier molecular flexibility index (Phi) is 5.21. The average Bonchev–Trinajstić information content (AvgIpc) is 2.31. The third kappa shape index (κ3) is 4.34. The molecule has 2 nitrogen and oxygen atoms in total. The molecule has 1 aromatic rings. The Bertz CT molecular complexity index is 383. The van der Waals surface area contributed by atoms with Crippen LogP contribution in [0, 0.1) is 12.3 Å². The minimum absolute atomic E-state index is 0.156. The molecule has 0 spiro atoms. The van der Waals surface area contributed by atoms with Crippen molar-refractivity contribution in [1.29, 1.82) is 0 Å². The van der Waals surface area contributed by atoms with E-state index in [0.29, 0.717) is 12.5 Å². The van der Waals surface area contributed by atoms with Gasteiger partial charge in [0.2, 0.25) is 0 Å².